The SMILES string of the molecule is C[C@H]1CCc2c(ccc(-c3cnn(C4CC4)c3)c2OC2CCCC2)N1. The molecular formula is C21H27N3O. The van der Waals surface area contributed by atoms with Crippen LogP contribution in [0.5, 0.6) is 5.75 Å². The fourth-order valence-corrected chi connectivity index (χ4v) is 4.26. The maximum absolute atomic E-state index is 6.60. The molecule has 0 amide bonds. The normalized spacial score (nSPS) is 23.3. The first-order valence-corrected chi connectivity index (χ1v) is 9.91. The Morgan fingerprint density at radius 3 is 2.76 bits per heavy atom. The van der Waals surface area contributed by atoms with Crippen molar-refractivity contribution in [3.63, 3.8) is 0 Å². The first-order chi connectivity index (χ1) is 12.3. The number of rotatable bonds is 4. The highest BCUT2D eigenvalue weighted by Gasteiger charge is 2.27. The Kier molecular flexibility index (Phi) is 3.72. The molecule has 1 aromatic carbocycles. The van der Waals surface area contributed by atoms with E-state index in [0.29, 0.717) is 18.2 Å². The third-order valence-corrected chi connectivity index (χ3v) is 5.91. The lowest BCUT2D eigenvalue weighted by Crippen LogP contribution is -2.23. The molecule has 1 aromatic heterocycles. The summed E-state index contributed by atoms with van der Waals surface area (Å²) in [6.07, 6.45) is 14.4. The van der Waals surface area contributed by atoms with Gasteiger partial charge in [-0.2, -0.15) is 5.10 Å². The van der Waals surface area contributed by atoms with Crippen molar-refractivity contribution in [1.82, 2.24) is 9.78 Å². The van der Waals surface area contributed by atoms with Crippen molar-refractivity contribution in [1.29, 1.82) is 0 Å². The number of hydrogen-bond donors (Lipinski definition) is 1. The summed E-state index contributed by atoms with van der Waals surface area (Å²) in [5.41, 5.74) is 5.03. The third-order valence-electron chi connectivity index (χ3n) is 5.91. The van der Waals surface area contributed by atoms with E-state index in [1.165, 1.54) is 67.3 Å². The standard InChI is InChI=1S/C21H27N3O/c1-14-6-9-19-20(23-14)11-10-18(21(19)25-17-4-2-3-5-17)15-12-22-24(13-15)16-7-8-16/h10-14,16-17,23H,2-9H2,1H3/t14-/m0/s1. The lowest BCUT2D eigenvalue weighted by molar-refractivity contribution is 0.208. The minimum Gasteiger partial charge on any atom is -0.489 e. The minimum absolute atomic E-state index is 0.378. The Morgan fingerprint density at radius 1 is 1.12 bits per heavy atom. The van der Waals surface area contributed by atoms with Crippen molar-refractivity contribution < 1.29 is 4.74 Å². The van der Waals surface area contributed by atoms with E-state index in [1.807, 2.05) is 6.20 Å². The van der Waals surface area contributed by atoms with Gasteiger partial charge < -0.3 is 10.1 Å². The molecule has 2 aliphatic carbocycles. The summed E-state index contributed by atoms with van der Waals surface area (Å²) in [6, 6.07) is 5.61. The molecule has 2 fully saturated rings. The maximum atomic E-state index is 6.60. The van der Waals surface area contributed by atoms with Crippen LogP contribution in [0.2, 0.25) is 0 Å². The van der Waals surface area contributed by atoms with Gasteiger partial charge in [-0.15, -0.1) is 0 Å². The summed E-state index contributed by atoms with van der Waals surface area (Å²) in [5, 5.41) is 8.23. The summed E-state index contributed by atoms with van der Waals surface area (Å²) in [5.74, 6) is 1.11. The summed E-state index contributed by atoms with van der Waals surface area (Å²) in [4.78, 5) is 0. The van der Waals surface area contributed by atoms with Crippen molar-refractivity contribution in [2.45, 2.75) is 76.5 Å². The number of anilines is 1. The molecule has 0 spiro atoms. The van der Waals surface area contributed by atoms with Crippen LogP contribution in [0.1, 0.15) is 63.5 Å². The molecule has 0 saturated heterocycles. The van der Waals surface area contributed by atoms with E-state index in [2.05, 4.69) is 40.4 Å². The summed E-state index contributed by atoms with van der Waals surface area (Å²) in [6.45, 7) is 2.26. The number of ether oxygens (including phenoxy) is 1. The molecule has 2 aromatic rings. The van der Waals surface area contributed by atoms with Gasteiger partial charge in [-0.25, -0.2) is 0 Å². The molecule has 4 nitrogen and oxygen atoms in total. The van der Waals surface area contributed by atoms with Gasteiger partial charge in [0.2, 0.25) is 0 Å². The Morgan fingerprint density at radius 2 is 1.96 bits per heavy atom. The smallest absolute Gasteiger partial charge is 0.132 e. The number of benzene rings is 1. The van der Waals surface area contributed by atoms with E-state index in [-0.39, 0.29) is 0 Å². The topological polar surface area (TPSA) is 39.1 Å². The van der Waals surface area contributed by atoms with Gasteiger partial charge in [0.25, 0.3) is 0 Å². The Balaban J connectivity index is 1.55. The van der Waals surface area contributed by atoms with E-state index in [4.69, 9.17) is 4.74 Å². The number of nitrogens with zero attached hydrogens (tertiary/aromatic N) is 2. The average Bonchev–Trinajstić information content (AvgIpc) is 3.13. The lowest BCUT2D eigenvalue weighted by atomic mass is 9.94. The quantitative estimate of drug-likeness (QED) is 0.857. The van der Waals surface area contributed by atoms with E-state index >= 15 is 0 Å². The summed E-state index contributed by atoms with van der Waals surface area (Å²) < 4.78 is 8.74. The van der Waals surface area contributed by atoms with Crippen LogP contribution in [0, 0.1) is 0 Å². The molecule has 132 valence electrons. The zero-order chi connectivity index (χ0) is 16.8. The first kappa shape index (κ1) is 15.3. The van der Waals surface area contributed by atoms with Gasteiger partial charge in [-0.1, -0.05) is 0 Å². The second-order valence-corrected chi connectivity index (χ2v) is 8.02. The van der Waals surface area contributed by atoms with Crippen LogP contribution in [-0.2, 0) is 6.42 Å². The fourth-order valence-electron chi connectivity index (χ4n) is 4.26. The minimum atomic E-state index is 0.378. The molecule has 2 saturated carbocycles. The molecule has 1 N–H and O–H groups in total. The second-order valence-electron chi connectivity index (χ2n) is 8.02. The van der Waals surface area contributed by atoms with E-state index in [0.717, 1.165) is 12.2 Å². The van der Waals surface area contributed by atoms with Gasteiger partial charge >= 0.3 is 0 Å². The van der Waals surface area contributed by atoms with Gasteiger partial charge in [0.15, 0.2) is 0 Å². The second kappa shape index (κ2) is 6.08. The molecular weight excluding hydrogens is 310 g/mol. The van der Waals surface area contributed by atoms with Crippen LogP contribution in [-0.4, -0.2) is 21.9 Å². The number of hydrogen-bond acceptors (Lipinski definition) is 3. The van der Waals surface area contributed by atoms with Gasteiger partial charge in [0.05, 0.1) is 18.3 Å². The highest BCUT2D eigenvalue weighted by Crippen LogP contribution is 2.43. The fraction of sp³-hybridized carbons (Fsp3) is 0.571. The van der Waals surface area contributed by atoms with Crippen LogP contribution in [0.3, 0.4) is 0 Å². The highest BCUT2D eigenvalue weighted by molar-refractivity contribution is 5.77. The predicted molar refractivity (Wildman–Crippen MR) is 100 cm³/mol. The summed E-state index contributed by atoms with van der Waals surface area (Å²) in [7, 11) is 0. The maximum Gasteiger partial charge on any atom is 0.132 e. The molecule has 1 aliphatic heterocycles. The monoisotopic (exact) mass is 337 g/mol. The molecule has 3 aliphatic rings. The molecule has 5 rings (SSSR count). The number of nitrogens with one attached hydrogen (secondary N) is 1. The van der Waals surface area contributed by atoms with Gasteiger partial charge in [-0.3, -0.25) is 4.68 Å². The van der Waals surface area contributed by atoms with Gasteiger partial charge in [-0.05, 0) is 70.4 Å². The third kappa shape index (κ3) is 2.92. The zero-order valence-electron chi connectivity index (χ0n) is 15.0. The Hall–Kier alpha value is -1.97. The molecule has 1 atom stereocenters. The van der Waals surface area contributed by atoms with Crippen molar-refractivity contribution in [3.8, 4) is 16.9 Å². The Bertz CT molecular complexity index is 771. The highest BCUT2D eigenvalue weighted by atomic mass is 16.5. The van der Waals surface area contributed by atoms with E-state index in [9.17, 15) is 0 Å². The number of fused-ring (bicyclic) bond motifs is 1. The van der Waals surface area contributed by atoms with Gasteiger partial charge in [0.1, 0.15) is 5.75 Å². The largest absolute Gasteiger partial charge is 0.489 e. The average molecular weight is 337 g/mol. The Labute approximate surface area is 149 Å². The van der Waals surface area contributed by atoms with Crippen LogP contribution in [0.4, 0.5) is 5.69 Å². The van der Waals surface area contributed by atoms with Crippen molar-refractivity contribution in [3.05, 3.63) is 30.1 Å². The molecule has 4 heteroatoms. The molecule has 0 radical (unpaired) electrons. The molecule has 0 unspecified atom stereocenters. The zero-order valence-corrected chi connectivity index (χ0v) is 15.0. The van der Waals surface area contributed by atoms with Gasteiger partial charge in [0, 0.05) is 34.6 Å². The van der Waals surface area contributed by atoms with Crippen LogP contribution in [0.25, 0.3) is 11.1 Å². The lowest BCUT2D eigenvalue weighted by Gasteiger charge is -2.28. The van der Waals surface area contributed by atoms with Crippen LogP contribution < -0.4 is 10.1 Å². The first-order valence-electron chi connectivity index (χ1n) is 9.91. The summed E-state index contributed by atoms with van der Waals surface area (Å²) >= 11 is 0. The van der Waals surface area contributed by atoms with Crippen molar-refractivity contribution in [2.24, 2.45) is 0 Å². The predicted octanol–water partition coefficient (Wildman–Crippen LogP) is 4.95. The van der Waals surface area contributed by atoms with Crippen LogP contribution >= 0.6 is 0 Å². The van der Waals surface area contributed by atoms with E-state index < -0.39 is 0 Å². The molecule has 0 bridgehead atoms. The van der Waals surface area contributed by atoms with Crippen molar-refractivity contribution in [2.75, 3.05) is 5.32 Å². The molecule has 2 heterocycles. The molecule has 25 heavy (non-hydrogen) atoms. The van der Waals surface area contributed by atoms with Crippen molar-refractivity contribution >= 4 is 5.69 Å². The van der Waals surface area contributed by atoms with E-state index in [1.54, 1.807) is 0 Å². The van der Waals surface area contributed by atoms with Crippen LogP contribution in [0.15, 0.2) is 24.5 Å². The number of aromatic nitrogens is 2.